The second kappa shape index (κ2) is 5.50. The van der Waals surface area contributed by atoms with Crippen LogP contribution < -0.4 is 11.1 Å². The lowest BCUT2D eigenvalue weighted by molar-refractivity contribution is 0.102. The van der Waals surface area contributed by atoms with Gasteiger partial charge in [0.2, 0.25) is 0 Å². The predicted octanol–water partition coefficient (Wildman–Crippen LogP) is 2.55. The average molecular weight is 317 g/mol. The summed E-state index contributed by atoms with van der Waals surface area (Å²) in [6.07, 6.45) is 1.35. The van der Waals surface area contributed by atoms with Crippen LogP contribution in [0.3, 0.4) is 0 Å². The molecular formula is C13H9BrN4O. The zero-order valence-electron chi connectivity index (χ0n) is 9.72. The largest absolute Gasteiger partial charge is 0.397 e. The molecule has 0 spiro atoms. The lowest BCUT2D eigenvalue weighted by Crippen LogP contribution is -2.14. The summed E-state index contributed by atoms with van der Waals surface area (Å²) in [6, 6.07) is 10.1. The van der Waals surface area contributed by atoms with Gasteiger partial charge in [-0.1, -0.05) is 15.9 Å². The van der Waals surface area contributed by atoms with E-state index in [1.165, 1.54) is 18.3 Å². The van der Waals surface area contributed by atoms with E-state index >= 15 is 0 Å². The molecule has 5 nitrogen and oxygen atoms in total. The molecule has 0 bridgehead atoms. The quantitative estimate of drug-likeness (QED) is 0.833. The second-order valence-electron chi connectivity index (χ2n) is 3.73. The Morgan fingerprint density at radius 1 is 1.37 bits per heavy atom. The van der Waals surface area contributed by atoms with Gasteiger partial charge in [-0.15, -0.1) is 0 Å². The van der Waals surface area contributed by atoms with Crippen LogP contribution in [-0.2, 0) is 0 Å². The number of nitrogens with one attached hydrogen (secondary N) is 1. The van der Waals surface area contributed by atoms with Crippen molar-refractivity contribution in [1.29, 1.82) is 5.26 Å². The lowest BCUT2D eigenvalue weighted by atomic mass is 10.2. The predicted molar refractivity (Wildman–Crippen MR) is 75.5 cm³/mol. The Bertz CT molecular complexity index is 661. The van der Waals surface area contributed by atoms with Crippen molar-refractivity contribution < 1.29 is 4.79 Å². The number of nitriles is 1. The van der Waals surface area contributed by atoms with Crippen LogP contribution in [0, 0.1) is 11.3 Å². The molecular weight excluding hydrogens is 308 g/mol. The fourth-order valence-electron chi connectivity index (χ4n) is 1.43. The number of carbonyl (C=O) groups excluding carboxylic acids is 1. The molecule has 1 heterocycles. The summed E-state index contributed by atoms with van der Waals surface area (Å²) in [5.41, 5.74) is 7.38. The Morgan fingerprint density at radius 2 is 2.16 bits per heavy atom. The van der Waals surface area contributed by atoms with Crippen LogP contribution in [0.15, 0.2) is 41.0 Å². The summed E-state index contributed by atoms with van der Waals surface area (Å²) in [4.78, 5) is 15.8. The minimum absolute atomic E-state index is 0.223. The molecule has 1 amide bonds. The van der Waals surface area contributed by atoms with Gasteiger partial charge in [0.05, 0.1) is 16.9 Å². The van der Waals surface area contributed by atoms with Crippen LogP contribution >= 0.6 is 15.9 Å². The number of pyridine rings is 1. The minimum atomic E-state index is -0.376. The van der Waals surface area contributed by atoms with Crippen molar-refractivity contribution in [2.75, 3.05) is 11.1 Å². The first-order valence-corrected chi connectivity index (χ1v) is 6.12. The van der Waals surface area contributed by atoms with E-state index in [1.54, 1.807) is 18.2 Å². The molecule has 0 radical (unpaired) electrons. The molecule has 0 unspecified atom stereocenters. The lowest BCUT2D eigenvalue weighted by Gasteiger charge is -2.08. The molecule has 94 valence electrons. The van der Waals surface area contributed by atoms with Gasteiger partial charge in [-0.05, 0) is 30.3 Å². The first-order valence-electron chi connectivity index (χ1n) is 5.32. The first kappa shape index (κ1) is 13.1. The molecule has 0 aliphatic heterocycles. The summed E-state index contributed by atoms with van der Waals surface area (Å²) in [5, 5.41) is 11.3. The zero-order chi connectivity index (χ0) is 13.8. The van der Waals surface area contributed by atoms with E-state index in [2.05, 4.69) is 26.2 Å². The number of hydrogen-bond donors (Lipinski definition) is 2. The molecule has 0 saturated heterocycles. The molecule has 2 aromatic rings. The highest BCUT2D eigenvalue weighted by Crippen LogP contribution is 2.23. The van der Waals surface area contributed by atoms with Crippen LogP contribution in [0.5, 0.6) is 0 Å². The number of hydrogen-bond acceptors (Lipinski definition) is 4. The van der Waals surface area contributed by atoms with Crippen LogP contribution in [-0.4, -0.2) is 10.9 Å². The molecule has 0 saturated carbocycles. The van der Waals surface area contributed by atoms with Gasteiger partial charge in [-0.25, -0.2) is 4.98 Å². The third-order valence-electron chi connectivity index (χ3n) is 2.39. The number of halogens is 1. The molecule has 0 atom stereocenters. The third-order valence-corrected chi connectivity index (χ3v) is 2.88. The number of carbonyl (C=O) groups is 1. The maximum atomic E-state index is 11.9. The maximum absolute atomic E-state index is 11.9. The normalized spacial score (nSPS) is 9.68. The fraction of sp³-hybridized carbons (Fsp3) is 0. The van der Waals surface area contributed by atoms with Crippen molar-refractivity contribution in [2.24, 2.45) is 0 Å². The average Bonchev–Trinajstić information content (AvgIpc) is 2.42. The fourth-order valence-corrected chi connectivity index (χ4v) is 1.81. The van der Waals surface area contributed by atoms with Gasteiger partial charge in [0.1, 0.15) is 11.8 Å². The Kier molecular flexibility index (Phi) is 3.78. The number of rotatable bonds is 2. The summed E-state index contributed by atoms with van der Waals surface area (Å²) < 4.78 is 0.833. The number of benzene rings is 1. The van der Waals surface area contributed by atoms with E-state index in [4.69, 9.17) is 11.0 Å². The molecule has 2 rings (SSSR count). The van der Waals surface area contributed by atoms with Gasteiger partial charge in [0, 0.05) is 10.7 Å². The van der Waals surface area contributed by atoms with Gasteiger partial charge in [-0.2, -0.15) is 5.26 Å². The molecule has 19 heavy (non-hydrogen) atoms. The van der Waals surface area contributed by atoms with Gasteiger partial charge >= 0.3 is 0 Å². The minimum Gasteiger partial charge on any atom is -0.397 e. The number of amides is 1. The molecule has 0 fully saturated rings. The van der Waals surface area contributed by atoms with E-state index in [0.717, 1.165) is 4.47 Å². The SMILES string of the molecule is N#Cc1ccc(C(=O)Nc2ccc(Br)cc2N)nc1. The van der Waals surface area contributed by atoms with Gasteiger partial charge in [0.15, 0.2) is 0 Å². The topological polar surface area (TPSA) is 91.8 Å². The number of nitrogens with two attached hydrogens (primary N) is 1. The third kappa shape index (κ3) is 3.09. The summed E-state index contributed by atoms with van der Waals surface area (Å²) in [5.74, 6) is -0.376. The van der Waals surface area contributed by atoms with Gasteiger partial charge < -0.3 is 11.1 Å². The van der Waals surface area contributed by atoms with E-state index in [1.807, 2.05) is 6.07 Å². The highest BCUT2D eigenvalue weighted by Gasteiger charge is 2.09. The van der Waals surface area contributed by atoms with Gasteiger partial charge in [-0.3, -0.25) is 4.79 Å². The monoisotopic (exact) mass is 316 g/mol. The van der Waals surface area contributed by atoms with Gasteiger partial charge in [0.25, 0.3) is 5.91 Å². The standard InChI is InChI=1S/C13H9BrN4O/c14-9-2-4-11(10(16)5-9)18-13(19)12-3-1-8(6-15)7-17-12/h1-5,7H,16H2,(H,18,19). The Morgan fingerprint density at radius 3 is 2.74 bits per heavy atom. The molecule has 6 heteroatoms. The van der Waals surface area contributed by atoms with E-state index < -0.39 is 0 Å². The molecule has 3 N–H and O–H groups in total. The van der Waals surface area contributed by atoms with E-state index in [-0.39, 0.29) is 11.6 Å². The summed E-state index contributed by atoms with van der Waals surface area (Å²) >= 11 is 3.29. The van der Waals surface area contributed by atoms with Crippen LogP contribution in [0.4, 0.5) is 11.4 Å². The van der Waals surface area contributed by atoms with Crippen molar-refractivity contribution in [3.63, 3.8) is 0 Å². The number of nitrogen functional groups attached to an aromatic ring is 1. The number of anilines is 2. The summed E-state index contributed by atoms with van der Waals surface area (Å²) in [6.45, 7) is 0. The first-order chi connectivity index (χ1) is 9.10. The highest BCUT2D eigenvalue weighted by atomic mass is 79.9. The molecule has 0 aliphatic rings. The van der Waals surface area contributed by atoms with Crippen molar-refractivity contribution in [3.05, 3.63) is 52.3 Å². The molecule has 0 aliphatic carbocycles. The number of nitrogens with zero attached hydrogens (tertiary/aromatic N) is 2. The molecule has 1 aromatic heterocycles. The number of aromatic nitrogens is 1. The van der Waals surface area contributed by atoms with Crippen LogP contribution in [0.25, 0.3) is 0 Å². The van der Waals surface area contributed by atoms with Crippen molar-refractivity contribution in [2.45, 2.75) is 0 Å². The van der Waals surface area contributed by atoms with E-state index in [9.17, 15) is 4.79 Å². The second-order valence-corrected chi connectivity index (χ2v) is 4.65. The molecule has 1 aromatic carbocycles. The summed E-state index contributed by atoms with van der Waals surface area (Å²) in [7, 11) is 0. The Balaban J connectivity index is 2.18. The van der Waals surface area contributed by atoms with Crippen LogP contribution in [0.2, 0.25) is 0 Å². The van der Waals surface area contributed by atoms with Crippen molar-refractivity contribution in [1.82, 2.24) is 4.98 Å². The highest BCUT2D eigenvalue weighted by molar-refractivity contribution is 9.10. The van der Waals surface area contributed by atoms with Crippen molar-refractivity contribution in [3.8, 4) is 6.07 Å². The Hall–Kier alpha value is -2.39. The zero-order valence-corrected chi connectivity index (χ0v) is 11.3. The van der Waals surface area contributed by atoms with E-state index in [0.29, 0.717) is 16.9 Å². The maximum Gasteiger partial charge on any atom is 0.274 e. The van der Waals surface area contributed by atoms with Crippen LogP contribution in [0.1, 0.15) is 16.1 Å². The smallest absolute Gasteiger partial charge is 0.274 e. The Labute approximate surface area is 118 Å². The van der Waals surface area contributed by atoms with Crippen molar-refractivity contribution >= 4 is 33.2 Å².